The van der Waals surface area contributed by atoms with E-state index in [2.05, 4.69) is 4.98 Å². The number of anilines is 2. The molecule has 0 aliphatic heterocycles. The SMILES string of the molecule is Cc1ccc(N(C(=O)O)c2nc3cc([N+](=O)[O-])ccc3n2C)cc1. The molecule has 0 atom stereocenters. The molecule has 0 aliphatic carbocycles. The molecule has 0 bridgehead atoms. The largest absolute Gasteiger partial charge is 0.464 e. The van der Waals surface area contributed by atoms with Crippen molar-refractivity contribution in [2.24, 2.45) is 7.05 Å². The average Bonchev–Trinajstić information content (AvgIpc) is 2.85. The lowest BCUT2D eigenvalue weighted by molar-refractivity contribution is -0.384. The zero-order valence-corrected chi connectivity index (χ0v) is 13.0. The van der Waals surface area contributed by atoms with E-state index < -0.39 is 11.0 Å². The van der Waals surface area contributed by atoms with Crippen LogP contribution < -0.4 is 4.90 Å². The van der Waals surface area contributed by atoms with Crippen molar-refractivity contribution in [3.63, 3.8) is 0 Å². The zero-order chi connectivity index (χ0) is 17.4. The maximum absolute atomic E-state index is 11.8. The average molecular weight is 326 g/mol. The number of amides is 1. The Kier molecular flexibility index (Phi) is 3.64. The van der Waals surface area contributed by atoms with E-state index in [1.54, 1.807) is 41.9 Å². The maximum atomic E-state index is 11.8. The Hall–Kier alpha value is -3.42. The van der Waals surface area contributed by atoms with E-state index in [1.807, 2.05) is 6.92 Å². The zero-order valence-electron chi connectivity index (χ0n) is 13.0. The first-order valence-corrected chi connectivity index (χ1v) is 7.09. The molecular weight excluding hydrogens is 312 g/mol. The van der Waals surface area contributed by atoms with Gasteiger partial charge in [0, 0.05) is 19.2 Å². The van der Waals surface area contributed by atoms with Crippen molar-refractivity contribution in [2.75, 3.05) is 4.90 Å². The quantitative estimate of drug-likeness (QED) is 0.585. The third-order valence-electron chi connectivity index (χ3n) is 3.74. The number of carbonyl (C=O) groups is 1. The molecule has 0 unspecified atom stereocenters. The molecule has 122 valence electrons. The molecule has 3 rings (SSSR count). The summed E-state index contributed by atoms with van der Waals surface area (Å²) in [6.45, 7) is 1.91. The van der Waals surface area contributed by atoms with Crippen LogP contribution in [-0.2, 0) is 7.05 Å². The number of hydrogen-bond donors (Lipinski definition) is 1. The predicted molar refractivity (Wildman–Crippen MR) is 88.7 cm³/mol. The molecule has 0 saturated heterocycles. The highest BCUT2D eigenvalue weighted by Gasteiger charge is 2.23. The molecule has 0 aliphatic rings. The summed E-state index contributed by atoms with van der Waals surface area (Å²) in [4.78, 5) is 27.5. The van der Waals surface area contributed by atoms with Crippen LogP contribution in [-0.4, -0.2) is 25.7 Å². The first-order valence-electron chi connectivity index (χ1n) is 7.09. The van der Waals surface area contributed by atoms with Crippen LogP contribution in [0.5, 0.6) is 0 Å². The van der Waals surface area contributed by atoms with Crippen LogP contribution >= 0.6 is 0 Å². The fraction of sp³-hybridized carbons (Fsp3) is 0.125. The summed E-state index contributed by atoms with van der Waals surface area (Å²) in [5, 5.41) is 20.5. The molecule has 1 aromatic heterocycles. The summed E-state index contributed by atoms with van der Waals surface area (Å²) < 4.78 is 1.59. The van der Waals surface area contributed by atoms with Gasteiger partial charge in [-0.3, -0.25) is 10.1 Å². The summed E-state index contributed by atoms with van der Waals surface area (Å²) in [6.07, 6.45) is -1.19. The Bertz CT molecular complexity index is 947. The number of benzene rings is 2. The number of rotatable bonds is 3. The van der Waals surface area contributed by atoms with Gasteiger partial charge in [0.05, 0.1) is 21.6 Å². The number of aryl methyl sites for hydroxylation is 2. The Morgan fingerprint density at radius 2 is 1.92 bits per heavy atom. The van der Waals surface area contributed by atoms with Gasteiger partial charge in [0.1, 0.15) is 0 Å². The number of aromatic nitrogens is 2. The molecule has 0 radical (unpaired) electrons. The molecule has 24 heavy (non-hydrogen) atoms. The number of nitro groups is 1. The van der Waals surface area contributed by atoms with Gasteiger partial charge in [0.25, 0.3) is 5.69 Å². The number of fused-ring (bicyclic) bond motifs is 1. The second-order valence-electron chi connectivity index (χ2n) is 5.35. The van der Waals surface area contributed by atoms with Crippen molar-refractivity contribution in [3.8, 4) is 0 Å². The van der Waals surface area contributed by atoms with Gasteiger partial charge >= 0.3 is 6.09 Å². The van der Waals surface area contributed by atoms with E-state index in [4.69, 9.17) is 0 Å². The van der Waals surface area contributed by atoms with E-state index in [-0.39, 0.29) is 11.6 Å². The van der Waals surface area contributed by atoms with Crippen molar-refractivity contribution >= 4 is 34.4 Å². The van der Waals surface area contributed by atoms with Crippen molar-refractivity contribution in [1.82, 2.24) is 9.55 Å². The molecule has 1 N–H and O–H groups in total. The van der Waals surface area contributed by atoms with Gasteiger partial charge in [-0.15, -0.1) is 0 Å². The lowest BCUT2D eigenvalue weighted by Crippen LogP contribution is -2.26. The van der Waals surface area contributed by atoms with Crippen LogP contribution in [0.2, 0.25) is 0 Å². The standard InChI is InChI=1S/C16H14N4O4/c1-10-3-5-11(6-4-10)19(16(21)22)15-17-13-9-12(20(23)24)7-8-14(13)18(15)2/h3-9H,1-2H3,(H,21,22). The van der Waals surface area contributed by atoms with Crippen LogP contribution in [0.15, 0.2) is 42.5 Å². The fourth-order valence-electron chi connectivity index (χ4n) is 2.49. The number of nitro benzene ring substituents is 1. The Morgan fingerprint density at radius 3 is 2.50 bits per heavy atom. The van der Waals surface area contributed by atoms with E-state index in [0.29, 0.717) is 16.7 Å². The van der Waals surface area contributed by atoms with Crippen LogP contribution in [0.3, 0.4) is 0 Å². The lowest BCUT2D eigenvalue weighted by atomic mass is 10.2. The Morgan fingerprint density at radius 1 is 1.25 bits per heavy atom. The third kappa shape index (κ3) is 2.54. The molecule has 1 amide bonds. The molecule has 0 spiro atoms. The monoisotopic (exact) mass is 326 g/mol. The lowest BCUT2D eigenvalue weighted by Gasteiger charge is -2.18. The smallest absolute Gasteiger partial charge is 0.418 e. The number of imidazole rings is 1. The van der Waals surface area contributed by atoms with E-state index in [0.717, 1.165) is 10.5 Å². The minimum Gasteiger partial charge on any atom is -0.464 e. The number of hydrogen-bond acceptors (Lipinski definition) is 4. The van der Waals surface area contributed by atoms with Crippen molar-refractivity contribution in [3.05, 3.63) is 58.1 Å². The normalized spacial score (nSPS) is 10.8. The van der Waals surface area contributed by atoms with Gasteiger partial charge in [0.2, 0.25) is 5.95 Å². The van der Waals surface area contributed by atoms with Crippen LogP contribution in [0.25, 0.3) is 11.0 Å². The summed E-state index contributed by atoms with van der Waals surface area (Å²) >= 11 is 0. The van der Waals surface area contributed by atoms with Gasteiger partial charge < -0.3 is 9.67 Å². The topological polar surface area (TPSA) is 102 Å². The van der Waals surface area contributed by atoms with Gasteiger partial charge in [0.15, 0.2) is 0 Å². The van der Waals surface area contributed by atoms with Crippen molar-refractivity contribution in [1.29, 1.82) is 0 Å². The van der Waals surface area contributed by atoms with E-state index in [1.165, 1.54) is 12.1 Å². The number of nitrogens with zero attached hydrogens (tertiary/aromatic N) is 4. The minimum absolute atomic E-state index is 0.0932. The molecular formula is C16H14N4O4. The Labute approximate surface area is 136 Å². The van der Waals surface area contributed by atoms with Gasteiger partial charge in [-0.25, -0.2) is 14.7 Å². The number of non-ortho nitro benzene ring substituents is 1. The Balaban J connectivity index is 2.17. The highest BCUT2D eigenvalue weighted by atomic mass is 16.6. The molecule has 3 aromatic rings. The fourth-order valence-corrected chi connectivity index (χ4v) is 2.49. The summed E-state index contributed by atoms with van der Waals surface area (Å²) in [5.74, 6) is 0.168. The van der Waals surface area contributed by atoms with Crippen LogP contribution in [0.4, 0.5) is 22.1 Å². The maximum Gasteiger partial charge on any atom is 0.418 e. The second-order valence-corrected chi connectivity index (χ2v) is 5.35. The highest BCUT2D eigenvalue weighted by molar-refractivity contribution is 5.95. The number of carboxylic acid groups (broad SMARTS) is 1. The minimum atomic E-state index is -1.19. The van der Waals surface area contributed by atoms with Crippen LogP contribution in [0.1, 0.15) is 5.56 Å². The summed E-state index contributed by atoms with van der Waals surface area (Å²) in [7, 11) is 1.67. The van der Waals surface area contributed by atoms with Crippen molar-refractivity contribution in [2.45, 2.75) is 6.92 Å². The van der Waals surface area contributed by atoms with E-state index in [9.17, 15) is 20.0 Å². The van der Waals surface area contributed by atoms with Crippen LogP contribution in [0, 0.1) is 17.0 Å². The summed E-state index contributed by atoms with van der Waals surface area (Å²) in [5.41, 5.74) is 2.32. The molecule has 0 saturated carbocycles. The third-order valence-corrected chi connectivity index (χ3v) is 3.74. The summed E-state index contributed by atoms with van der Waals surface area (Å²) in [6, 6.07) is 11.2. The molecule has 0 fully saturated rings. The van der Waals surface area contributed by atoms with E-state index >= 15 is 0 Å². The first-order chi connectivity index (χ1) is 11.4. The predicted octanol–water partition coefficient (Wildman–Crippen LogP) is 3.61. The van der Waals surface area contributed by atoms with Crippen molar-refractivity contribution < 1.29 is 14.8 Å². The molecule has 8 heteroatoms. The molecule has 8 nitrogen and oxygen atoms in total. The highest BCUT2D eigenvalue weighted by Crippen LogP contribution is 2.29. The first kappa shape index (κ1) is 15.5. The van der Waals surface area contributed by atoms with Gasteiger partial charge in [-0.05, 0) is 25.1 Å². The van der Waals surface area contributed by atoms with Gasteiger partial charge in [-0.2, -0.15) is 0 Å². The second kappa shape index (κ2) is 5.65. The molecule has 1 heterocycles. The molecule has 2 aromatic carbocycles. The van der Waals surface area contributed by atoms with Gasteiger partial charge in [-0.1, -0.05) is 17.7 Å².